The lowest BCUT2D eigenvalue weighted by Crippen LogP contribution is -2.69. The van der Waals surface area contributed by atoms with Crippen molar-refractivity contribution in [1.29, 1.82) is 0 Å². The highest BCUT2D eigenvalue weighted by atomic mass is 35.5. The number of alkyl halides is 3. The first-order valence-electron chi connectivity index (χ1n) is 9.78. The maximum atomic E-state index is 12.6. The number of imidazole rings is 1. The average molecular weight is 455 g/mol. The van der Waals surface area contributed by atoms with Crippen LogP contribution in [0.4, 0.5) is 24.7 Å². The average Bonchev–Trinajstić information content (AvgIpc) is 3.15. The molecular formula is C18H18ClF3N8O. The van der Waals surface area contributed by atoms with E-state index in [1.165, 1.54) is 12.5 Å². The fourth-order valence-corrected chi connectivity index (χ4v) is 4.67. The second kappa shape index (κ2) is 7.08. The zero-order valence-corrected chi connectivity index (χ0v) is 17.2. The van der Waals surface area contributed by atoms with Crippen LogP contribution in [0.25, 0.3) is 11.2 Å². The van der Waals surface area contributed by atoms with E-state index in [1.807, 2.05) is 16.4 Å². The van der Waals surface area contributed by atoms with Crippen molar-refractivity contribution in [3.05, 3.63) is 34.2 Å². The van der Waals surface area contributed by atoms with Crippen LogP contribution in [-0.2, 0) is 13.1 Å². The summed E-state index contributed by atoms with van der Waals surface area (Å²) in [6.45, 7) is 2.37. The highest BCUT2D eigenvalue weighted by Gasteiger charge is 2.47. The van der Waals surface area contributed by atoms with Crippen molar-refractivity contribution in [2.45, 2.75) is 44.7 Å². The molecule has 0 aromatic carbocycles. The molecule has 0 radical (unpaired) electrons. The summed E-state index contributed by atoms with van der Waals surface area (Å²) in [5, 5.41) is 3.43. The van der Waals surface area contributed by atoms with E-state index in [1.54, 1.807) is 6.33 Å². The Hall–Kier alpha value is -2.89. The van der Waals surface area contributed by atoms with Gasteiger partial charge in [-0.05, 0) is 13.3 Å². The molecule has 9 nitrogen and oxygen atoms in total. The largest absolute Gasteiger partial charge is 0.408 e. The minimum atomic E-state index is -4.55. The summed E-state index contributed by atoms with van der Waals surface area (Å²) < 4.78 is 40.2. The van der Waals surface area contributed by atoms with E-state index in [0.29, 0.717) is 23.5 Å². The monoisotopic (exact) mass is 454 g/mol. The van der Waals surface area contributed by atoms with Gasteiger partial charge in [-0.1, -0.05) is 11.6 Å². The predicted octanol–water partition coefficient (Wildman–Crippen LogP) is 2.09. The van der Waals surface area contributed by atoms with E-state index >= 15 is 0 Å². The highest BCUT2D eigenvalue weighted by molar-refractivity contribution is 6.33. The van der Waals surface area contributed by atoms with Crippen LogP contribution in [0.3, 0.4) is 0 Å². The van der Waals surface area contributed by atoms with Crippen molar-refractivity contribution in [1.82, 2.24) is 29.3 Å². The molecular weight excluding hydrogens is 437 g/mol. The van der Waals surface area contributed by atoms with E-state index in [4.69, 9.17) is 11.6 Å². The topological polar surface area (TPSA) is 85.0 Å². The van der Waals surface area contributed by atoms with Gasteiger partial charge in [0.2, 0.25) is 0 Å². The Morgan fingerprint density at radius 3 is 2.61 bits per heavy atom. The first-order valence-corrected chi connectivity index (χ1v) is 10.2. The Morgan fingerprint density at radius 2 is 1.94 bits per heavy atom. The Labute approximate surface area is 179 Å². The lowest BCUT2D eigenvalue weighted by Gasteiger charge is -2.57. The van der Waals surface area contributed by atoms with Crippen molar-refractivity contribution in [2.75, 3.05) is 22.9 Å². The quantitative estimate of drug-likeness (QED) is 0.596. The van der Waals surface area contributed by atoms with Gasteiger partial charge < -0.3 is 14.4 Å². The number of hydrogen-bond acceptors (Lipinski definition) is 7. The summed E-state index contributed by atoms with van der Waals surface area (Å²) in [7, 11) is 0. The standard InChI is InChI=1S/C18H18ClF3N8O/c1-2-27-9-25-14-15(27)23-8-24-16(14)30-10-3-11(30)6-28(5-10)12-4-26-29(7-18(20,21)22)17(31)13(12)19/h4,8-11H,2-3,5-7H2,1H3. The SMILES string of the molecule is CCn1cnc2c(N3C4CC3CN(c3cnn(CC(F)(F)F)c(=O)c3Cl)C4)ncnc21. The zero-order chi connectivity index (χ0) is 21.9. The molecule has 2 atom stereocenters. The van der Waals surface area contributed by atoms with Crippen LogP contribution in [0.1, 0.15) is 13.3 Å². The number of nitrogens with zero attached hydrogens (tertiary/aromatic N) is 8. The maximum Gasteiger partial charge on any atom is 0.408 e. The number of piperazine rings is 1. The molecule has 31 heavy (non-hydrogen) atoms. The third kappa shape index (κ3) is 3.29. The Bertz CT molecular complexity index is 1200. The summed E-state index contributed by atoms with van der Waals surface area (Å²) in [5.74, 6) is 0.767. The van der Waals surface area contributed by atoms with Gasteiger partial charge in [0.1, 0.15) is 17.9 Å². The van der Waals surface area contributed by atoms with Crippen LogP contribution >= 0.6 is 11.6 Å². The van der Waals surface area contributed by atoms with Gasteiger partial charge in [-0.25, -0.2) is 19.6 Å². The summed E-state index contributed by atoms with van der Waals surface area (Å²) in [6, 6.07) is 0.217. The molecule has 3 aliphatic heterocycles. The van der Waals surface area contributed by atoms with Crippen molar-refractivity contribution < 1.29 is 13.2 Å². The number of piperidine rings is 1. The number of aryl methyl sites for hydroxylation is 1. The number of anilines is 2. The Morgan fingerprint density at radius 1 is 1.19 bits per heavy atom. The number of halogens is 4. The highest BCUT2D eigenvalue weighted by Crippen LogP contribution is 2.40. The first kappa shape index (κ1) is 20.0. The van der Waals surface area contributed by atoms with E-state index in [9.17, 15) is 18.0 Å². The molecule has 2 bridgehead atoms. The van der Waals surface area contributed by atoms with Crippen LogP contribution in [0, 0.1) is 0 Å². The fourth-order valence-electron chi connectivity index (χ4n) is 4.40. The molecule has 3 aromatic heterocycles. The number of hydrogen-bond donors (Lipinski definition) is 0. The van der Waals surface area contributed by atoms with Crippen LogP contribution in [0.2, 0.25) is 5.02 Å². The molecule has 13 heteroatoms. The van der Waals surface area contributed by atoms with Gasteiger partial charge in [-0.15, -0.1) is 0 Å². The van der Waals surface area contributed by atoms with Gasteiger partial charge in [-0.3, -0.25) is 4.79 Å². The third-order valence-electron chi connectivity index (χ3n) is 5.80. The van der Waals surface area contributed by atoms with E-state index in [2.05, 4.69) is 25.0 Å². The molecule has 3 fully saturated rings. The molecule has 0 N–H and O–H groups in total. The maximum absolute atomic E-state index is 12.6. The molecule has 0 amide bonds. The lowest BCUT2D eigenvalue weighted by atomic mass is 9.87. The number of aromatic nitrogens is 6. The van der Waals surface area contributed by atoms with Crippen LogP contribution in [0.5, 0.6) is 0 Å². The normalized spacial score (nSPS) is 20.9. The predicted molar refractivity (Wildman–Crippen MR) is 107 cm³/mol. The minimum absolute atomic E-state index is 0.109. The number of fused-ring (bicyclic) bond motifs is 3. The van der Waals surface area contributed by atoms with Gasteiger partial charge in [0, 0.05) is 19.6 Å². The van der Waals surface area contributed by atoms with Gasteiger partial charge in [0.05, 0.1) is 30.3 Å². The van der Waals surface area contributed by atoms with Crippen molar-refractivity contribution in [3.63, 3.8) is 0 Å². The molecule has 2 unspecified atom stereocenters. The van der Waals surface area contributed by atoms with Gasteiger partial charge in [0.15, 0.2) is 17.0 Å². The summed E-state index contributed by atoms with van der Waals surface area (Å²) in [6.07, 6.45) is 0.885. The summed E-state index contributed by atoms with van der Waals surface area (Å²) in [4.78, 5) is 29.6. The van der Waals surface area contributed by atoms with Gasteiger partial charge >= 0.3 is 6.18 Å². The van der Waals surface area contributed by atoms with Crippen LogP contribution in [0.15, 0.2) is 23.6 Å². The van der Waals surface area contributed by atoms with Gasteiger partial charge in [0.25, 0.3) is 5.56 Å². The molecule has 3 aromatic rings. The number of rotatable bonds is 4. The molecule has 6 rings (SSSR count). The fraction of sp³-hybridized carbons (Fsp3) is 0.500. The smallest absolute Gasteiger partial charge is 0.365 e. The summed E-state index contributed by atoms with van der Waals surface area (Å²) in [5.41, 5.74) is 0.912. The molecule has 6 heterocycles. The Kier molecular flexibility index (Phi) is 4.57. The van der Waals surface area contributed by atoms with Crippen molar-refractivity contribution >= 4 is 34.3 Å². The molecule has 0 saturated carbocycles. The lowest BCUT2D eigenvalue weighted by molar-refractivity contribution is -0.143. The molecule has 0 spiro atoms. The first-order chi connectivity index (χ1) is 14.8. The molecule has 3 aliphatic rings. The molecule has 0 aliphatic carbocycles. The second-order valence-electron chi connectivity index (χ2n) is 7.68. The third-order valence-corrected chi connectivity index (χ3v) is 6.15. The molecule has 3 saturated heterocycles. The summed E-state index contributed by atoms with van der Waals surface area (Å²) >= 11 is 6.14. The van der Waals surface area contributed by atoms with Crippen LogP contribution < -0.4 is 15.4 Å². The van der Waals surface area contributed by atoms with Crippen molar-refractivity contribution in [2.24, 2.45) is 0 Å². The van der Waals surface area contributed by atoms with Crippen molar-refractivity contribution in [3.8, 4) is 0 Å². The van der Waals surface area contributed by atoms with E-state index < -0.39 is 18.3 Å². The zero-order valence-electron chi connectivity index (χ0n) is 16.4. The minimum Gasteiger partial charge on any atom is -0.365 e. The Balaban J connectivity index is 1.40. The second-order valence-corrected chi connectivity index (χ2v) is 8.06. The van der Waals surface area contributed by atoms with Crippen LogP contribution in [-0.4, -0.2) is 60.6 Å². The van der Waals surface area contributed by atoms with Gasteiger partial charge in [-0.2, -0.15) is 18.3 Å². The van der Waals surface area contributed by atoms with E-state index in [-0.39, 0.29) is 17.1 Å². The van der Waals surface area contributed by atoms with E-state index in [0.717, 1.165) is 29.9 Å². The molecule has 164 valence electrons.